The monoisotopic (exact) mass is 388 g/mol. The number of hydrogen-bond acceptors (Lipinski definition) is 6. The number of fused-ring (bicyclic) bond motifs is 1. The summed E-state index contributed by atoms with van der Waals surface area (Å²) in [7, 11) is 0. The first-order chi connectivity index (χ1) is 11.5. The number of halogens is 1. The number of rotatable bonds is 3. The summed E-state index contributed by atoms with van der Waals surface area (Å²) in [5, 5.41) is 30.6. The van der Waals surface area contributed by atoms with Crippen molar-refractivity contribution >= 4 is 45.1 Å². The lowest BCUT2D eigenvalue weighted by atomic mass is 10.1. The molecule has 24 heavy (non-hydrogen) atoms. The van der Waals surface area contributed by atoms with Gasteiger partial charge in [-0.1, -0.05) is 15.9 Å². The average Bonchev–Trinajstić information content (AvgIpc) is 2.84. The molecule has 2 aromatic carbocycles. The first kappa shape index (κ1) is 15.8. The number of anilines is 1. The van der Waals surface area contributed by atoms with E-state index in [2.05, 4.69) is 31.4 Å². The van der Waals surface area contributed by atoms with Crippen LogP contribution in [-0.4, -0.2) is 27.9 Å². The number of amides is 1. The Bertz CT molecular complexity index is 924. The van der Waals surface area contributed by atoms with Crippen molar-refractivity contribution in [1.29, 1.82) is 0 Å². The van der Waals surface area contributed by atoms with E-state index in [4.69, 9.17) is 0 Å². The minimum Gasteiger partial charge on any atom is -0.502 e. The molecule has 120 valence electrons. The summed E-state index contributed by atoms with van der Waals surface area (Å²) in [5.41, 5.74) is 1.34. The number of carbonyl (C=O) groups excluding carboxylic acids is 1. The fraction of sp³-hybridized carbons (Fsp3) is 0. The fourth-order valence-corrected chi connectivity index (χ4v) is 2.51. The average molecular weight is 389 g/mol. The smallest absolute Gasteiger partial charge is 0.311 e. The van der Waals surface area contributed by atoms with Crippen LogP contribution < -0.4 is 5.32 Å². The van der Waals surface area contributed by atoms with Crippen molar-refractivity contribution in [2.45, 2.75) is 0 Å². The van der Waals surface area contributed by atoms with Gasteiger partial charge in [0.05, 0.1) is 16.8 Å². The number of hydrogen-bond donors (Lipinski definition) is 2. The summed E-state index contributed by atoms with van der Waals surface area (Å²) in [5.74, 6) is -0.811. The minimum absolute atomic E-state index is 0.149. The molecule has 9 heteroatoms. The molecular formula is C15H9BrN4O4. The molecule has 1 aliphatic rings. The normalized spacial score (nSPS) is 14.9. The summed E-state index contributed by atoms with van der Waals surface area (Å²) in [4.78, 5) is 22.0. The Morgan fingerprint density at radius 3 is 2.79 bits per heavy atom. The molecular weight excluding hydrogens is 380 g/mol. The van der Waals surface area contributed by atoms with Crippen molar-refractivity contribution in [3.8, 4) is 5.75 Å². The lowest BCUT2D eigenvalue weighted by Gasteiger charge is -1.97. The van der Waals surface area contributed by atoms with Crippen molar-refractivity contribution in [3.05, 3.63) is 62.1 Å². The second-order valence-electron chi connectivity index (χ2n) is 4.84. The number of benzene rings is 2. The topological polar surface area (TPSA) is 117 Å². The third-order valence-electron chi connectivity index (χ3n) is 3.26. The lowest BCUT2D eigenvalue weighted by Crippen LogP contribution is -2.13. The molecule has 0 aromatic heterocycles. The van der Waals surface area contributed by atoms with Crippen LogP contribution in [0.3, 0.4) is 0 Å². The van der Waals surface area contributed by atoms with Crippen LogP contribution in [0, 0.1) is 10.1 Å². The summed E-state index contributed by atoms with van der Waals surface area (Å²) in [6.45, 7) is 0. The molecule has 0 unspecified atom stereocenters. The molecule has 0 fully saturated rings. The second-order valence-corrected chi connectivity index (χ2v) is 5.76. The predicted molar refractivity (Wildman–Crippen MR) is 91.7 cm³/mol. The third kappa shape index (κ3) is 3.01. The highest BCUT2D eigenvalue weighted by atomic mass is 79.9. The molecule has 0 aliphatic carbocycles. The quantitative estimate of drug-likeness (QED) is 0.477. The molecule has 2 aromatic rings. The number of nitrogens with zero attached hydrogens (tertiary/aromatic N) is 3. The molecule has 0 bridgehead atoms. The molecule has 0 spiro atoms. The molecule has 1 amide bonds. The van der Waals surface area contributed by atoms with Gasteiger partial charge in [0.15, 0.2) is 11.5 Å². The standard InChI is InChI=1S/C15H9BrN4O4/c16-9-2-3-11-10(6-9)14(15(22)18-11)19-17-7-8-1-4-13(21)12(5-8)20(23)24/h1-7,21H,(H,18,19,22)/b17-7+. The molecule has 0 saturated carbocycles. The number of aromatic hydroxyl groups is 1. The maximum atomic E-state index is 11.9. The highest BCUT2D eigenvalue weighted by molar-refractivity contribution is 9.10. The number of nitrogens with one attached hydrogen (secondary N) is 1. The van der Waals surface area contributed by atoms with E-state index in [9.17, 15) is 20.0 Å². The number of nitro benzene ring substituents is 1. The third-order valence-corrected chi connectivity index (χ3v) is 3.75. The van der Waals surface area contributed by atoms with E-state index in [1.54, 1.807) is 18.2 Å². The highest BCUT2D eigenvalue weighted by Gasteiger charge is 2.26. The van der Waals surface area contributed by atoms with Crippen LogP contribution in [0.2, 0.25) is 0 Å². The Hall–Kier alpha value is -3.07. The zero-order chi connectivity index (χ0) is 17.3. The van der Waals surface area contributed by atoms with Crippen LogP contribution in [0.5, 0.6) is 5.75 Å². The number of carbonyl (C=O) groups is 1. The van der Waals surface area contributed by atoms with E-state index >= 15 is 0 Å². The molecule has 2 N–H and O–H groups in total. The first-order valence-corrected chi connectivity index (χ1v) is 7.45. The van der Waals surface area contributed by atoms with Crippen LogP contribution >= 0.6 is 15.9 Å². The Labute approximate surface area is 143 Å². The van der Waals surface area contributed by atoms with Gasteiger partial charge in [-0.3, -0.25) is 14.9 Å². The van der Waals surface area contributed by atoms with Crippen molar-refractivity contribution in [1.82, 2.24) is 0 Å². The Kier molecular flexibility index (Phi) is 4.09. The molecule has 0 radical (unpaired) electrons. The van der Waals surface area contributed by atoms with E-state index in [0.29, 0.717) is 16.8 Å². The maximum Gasteiger partial charge on any atom is 0.311 e. The van der Waals surface area contributed by atoms with Gasteiger partial charge in [0, 0.05) is 21.7 Å². The van der Waals surface area contributed by atoms with Crippen molar-refractivity contribution in [3.63, 3.8) is 0 Å². The Morgan fingerprint density at radius 1 is 1.25 bits per heavy atom. The van der Waals surface area contributed by atoms with Crippen LogP contribution in [0.25, 0.3) is 0 Å². The predicted octanol–water partition coefficient (Wildman–Crippen LogP) is 2.84. The zero-order valence-electron chi connectivity index (χ0n) is 11.9. The van der Waals surface area contributed by atoms with Gasteiger partial charge >= 0.3 is 5.69 Å². The summed E-state index contributed by atoms with van der Waals surface area (Å²) in [6, 6.07) is 9.09. The Morgan fingerprint density at radius 2 is 2.04 bits per heavy atom. The van der Waals surface area contributed by atoms with Crippen LogP contribution in [0.4, 0.5) is 11.4 Å². The molecule has 8 nitrogen and oxygen atoms in total. The van der Waals surface area contributed by atoms with Crippen LogP contribution in [0.1, 0.15) is 11.1 Å². The summed E-state index contributed by atoms with van der Waals surface area (Å²) in [6.07, 6.45) is 1.27. The molecule has 1 heterocycles. The van der Waals surface area contributed by atoms with Gasteiger partial charge in [-0.2, -0.15) is 5.10 Å². The van der Waals surface area contributed by atoms with E-state index < -0.39 is 16.4 Å². The minimum atomic E-state index is -0.698. The molecule has 0 saturated heterocycles. The highest BCUT2D eigenvalue weighted by Crippen LogP contribution is 2.27. The van der Waals surface area contributed by atoms with Crippen molar-refractivity contribution < 1.29 is 14.8 Å². The van der Waals surface area contributed by atoms with Gasteiger partial charge in [-0.05, 0) is 30.3 Å². The maximum absolute atomic E-state index is 11.9. The Balaban J connectivity index is 1.90. The first-order valence-electron chi connectivity index (χ1n) is 6.65. The van der Waals surface area contributed by atoms with Crippen molar-refractivity contribution in [2.24, 2.45) is 10.2 Å². The number of phenols is 1. The number of nitro groups is 1. The van der Waals surface area contributed by atoms with Crippen LogP contribution in [-0.2, 0) is 4.79 Å². The van der Waals surface area contributed by atoms with Gasteiger partial charge in [-0.15, -0.1) is 5.10 Å². The van der Waals surface area contributed by atoms with E-state index in [0.717, 1.165) is 10.5 Å². The zero-order valence-corrected chi connectivity index (χ0v) is 13.5. The van der Waals surface area contributed by atoms with Crippen LogP contribution in [0.15, 0.2) is 51.1 Å². The number of phenolic OH excluding ortho intramolecular Hbond substituents is 1. The second kappa shape index (κ2) is 6.20. The molecule has 1 aliphatic heterocycles. The van der Waals surface area contributed by atoms with Gasteiger partial charge in [0.1, 0.15) is 0 Å². The van der Waals surface area contributed by atoms with Crippen molar-refractivity contribution in [2.75, 3.05) is 5.32 Å². The molecule has 0 atom stereocenters. The fourth-order valence-electron chi connectivity index (χ4n) is 2.14. The summed E-state index contributed by atoms with van der Waals surface area (Å²) >= 11 is 3.33. The van der Waals surface area contributed by atoms with Gasteiger partial charge in [0.25, 0.3) is 5.91 Å². The SMILES string of the molecule is O=C1Nc2ccc(Br)cc2/C1=N/N=C/c1ccc(O)c([N+](=O)[O-])c1. The lowest BCUT2D eigenvalue weighted by molar-refractivity contribution is -0.385. The largest absolute Gasteiger partial charge is 0.502 e. The van der Waals surface area contributed by atoms with E-state index in [-0.39, 0.29) is 11.6 Å². The van der Waals surface area contributed by atoms with Gasteiger partial charge in [0.2, 0.25) is 0 Å². The molecule has 3 rings (SSSR count). The van der Waals surface area contributed by atoms with E-state index in [1.807, 2.05) is 0 Å². The van der Waals surface area contributed by atoms with Gasteiger partial charge in [-0.25, -0.2) is 0 Å². The van der Waals surface area contributed by atoms with Gasteiger partial charge < -0.3 is 10.4 Å². The summed E-state index contributed by atoms with van der Waals surface area (Å²) < 4.78 is 0.795. The van der Waals surface area contributed by atoms with E-state index in [1.165, 1.54) is 18.3 Å².